The Morgan fingerprint density at radius 1 is 1.33 bits per heavy atom. The van der Waals surface area contributed by atoms with Crippen molar-refractivity contribution in [2.45, 2.75) is 13.1 Å². The van der Waals surface area contributed by atoms with E-state index in [1.54, 1.807) is 19.4 Å². The van der Waals surface area contributed by atoms with E-state index in [0.717, 1.165) is 15.6 Å². The molecule has 0 atom stereocenters. The second-order valence-electron chi connectivity index (χ2n) is 4.34. The average molecular weight is 352 g/mol. The van der Waals surface area contributed by atoms with E-state index in [2.05, 4.69) is 26.2 Å². The Bertz CT molecular complexity index is 649. The Balaban J connectivity index is 1.95. The number of pyridine rings is 1. The van der Waals surface area contributed by atoms with Crippen LogP contribution in [0, 0.1) is 10.1 Å². The third-order valence-corrected chi connectivity index (χ3v) is 3.64. The summed E-state index contributed by atoms with van der Waals surface area (Å²) in [4.78, 5) is 14.3. The number of nitrogens with one attached hydrogen (secondary N) is 1. The van der Waals surface area contributed by atoms with Crippen molar-refractivity contribution >= 4 is 21.6 Å². The first-order valence-electron chi connectivity index (χ1n) is 6.22. The second-order valence-corrected chi connectivity index (χ2v) is 5.20. The standard InChI is InChI=1S/C14H14BrN3O3/c1-21-14-6-10(4-5-17-14)8-16-9-11-2-3-12(18(19)20)7-13(11)15/h2-7,16H,8-9H2,1H3. The van der Waals surface area contributed by atoms with Crippen molar-refractivity contribution in [3.05, 3.63) is 62.2 Å². The number of hydrogen-bond acceptors (Lipinski definition) is 5. The molecule has 1 heterocycles. The molecule has 1 aromatic carbocycles. The molecule has 0 saturated heterocycles. The summed E-state index contributed by atoms with van der Waals surface area (Å²) >= 11 is 3.35. The molecule has 2 aromatic rings. The monoisotopic (exact) mass is 351 g/mol. The molecule has 0 aliphatic rings. The van der Waals surface area contributed by atoms with Gasteiger partial charge >= 0.3 is 0 Å². The van der Waals surface area contributed by atoms with Crippen molar-refractivity contribution in [3.8, 4) is 5.88 Å². The van der Waals surface area contributed by atoms with Crippen LogP contribution in [0.4, 0.5) is 5.69 Å². The first-order valence-corrected chi connectivity index (χ1v) is 7.02. The van der Waals surface area contributed by atoms with Gasteiger partial charge in [-0.3, -0.25) is 10.1 Å². The van der Waals surface area contributed by atoms with Crippen LogP contribution < -0.4 is 10.1 Å². The van der Waals surface area contributed by atoms with Crippen LogP contribution in [-0.4, -0.2) is 17.0 Å². The van der Waals surface area contributed by atoms with Crippen molar-refractivity contribution < 1.29 is 9.66 Å². The van der Waals surface area contributed by atoms with Crippen LogP contribution in [0.3, 0.4) is 0 Å². The number of nitro groups is 1. The molecule has 0 bridgehead atoms. The minimum Gasteiger partial charge on any atom is -0.481 e. The number of nitro benzene ring substituents is 1. The third kappa shape index (κ3) is 4.24. The van der Waals surface area contributed by atoms with Gasteiger partial charge in [-0.25, -0.2) is 4.98 Å². The van der Waals surface area contributed by atoms with Gasteiger partial charge in [0.1, 0.15) is 0 Å². The molecule has 0 aliphatic heterocycles. The SMILES string of the molecule is COc1cc(CNCc2ccc([N+](=O)[O-])cc2Br)ccn1. The van der Waals surface area contributed by atoms with E-state index in [1.165, 1.54) is 12.1 Å². The molecule has 7 heteroatoms. The topological polar surface area (TPSA) is 77.3 Å². The van der Waals surface area contributed by atoms with Gasteiger partial charge in [-0.1, -0.05) is 15.9 Å². The Hall–Kier alpha value is -1.99. The normalized spacial score (nSPS) is 10.4. The first-order chi connectivity index (χ1) is 10.1. The zero-order valence-corrected chi connectivity index (χ0v) is 13.0. The van der Waals surface area contributed by atoms with Crippen LogP contribution in [0.5, 0.6) is 5.88 Å². The Morgan fingerprint density at radius 2 is 2.14 bits per heavy atom. The number of ether oxygens (including phenoxy) is 1. The van der Waals surface area contributed by atoms with Crippen LogP contribution in [0.25, 0.3) is 0 Å². The van der Waals surface area contributed by atoms with Crippen LogP contribution in [0.15, 0.2) is 41.0 Å². The Labute approximate surface area is 130 Å². The highest BCUT2D eigenvalue weighted by Gasteiger charge is 2.08. The lowest BCUT2D eigenvalue weighted by Crippen LogP contribution is -2.13. The minimum absolute atomic E-state index is 0.0736. The van der Waals surface area contributed by atoms with Gasteiger partial charge in [-0.05, 0) is 23.3 Å². The molecule has 0 saturated carbocycles. The van der Waals surface area contributed by atoms with Crippen molar-refractivity contribution in [3.63, 3.8) is 0 Å². The van der Waals surface area contributed by atoms with E-state index in [0.29, 0.717) is 19.0 Å². The highest BCUT2D eigenvalue weighted by Crippen LogP contribution is 2.23. The molecular weight excluding hydrogens is 338 g/mol. The fraction of sp³-hybridized carbons (Fsp3) is 0.214. The summed E-state index contributed by atoms with van der Waals surface area (Å²) in [7, 11) is 1.58. The zero-order chi connectivity index (χ0) is 15.2. The fourth-order valence-electron chi connectivity index (χ4n) is 1.81. The van der Waals surface area contributed by atoms with E-state index in [9.17, 15) is 10.1 Å². The molecule has 0 spiro atoms. The lowest BCUT2D eigenvalue weighted by Gasteiger charge is -2.08. The molecular formula is C14H14BrN3O3. The number of rotatable bonds is 6. The lowest BCUT2D eigenvalue weighted by atomic mass is 10.2. The molecule has 110 valence electrons. The summed E-state index contributed by atoms with van der Waals surface area (Å²) in [5.74, 6) is 0.575. The second kappa shape index (κ2) is 7.14. The maximum atomic E-state index is 10.7. The van der Waals surface area contributed by atoms with Crippen molar-refractivity contribution in [2.24, 2.45) is 0 Å². The van der Waals surface area contributed by atoms with Gasteiger partial charge in [0.05, 0.1) is 12.0 Å². The zero-order valence-electron chi connectivity index (χ0n) is 11.4. The van der Waals surface area contributed by atoms with Gasteiger partial charge in [0.25, 0.3) is 5.69 Å². The van der Waals surface area contributed by atoms with Crippen LogP contribution in [-0.2, 0) is 13.1 Å². The molecule has 2 rings (SSSR count). The number of hydrogen-bond donors (Lipinski definition) is 1. The maximum absolute atomic E-state index is 10.7. The Morgan fingerprint density at radius 3 is 2.81 bits per heavy atom. The van der Waals surface area contributed by atoms with E-state index < -0.39 is 4.92 Å². The van der Waals surface area contributed by atoms with E-state index >= 15 is 0 Å². The van der Waals surface area contributed by atoms with Crippen LogP contribution in [0.2, 0.25) is 0 Å². The molecule has 0 unspecified atom stereocenters. The lowest BCUT2D eigenvalue weighted by molar-refractivity contribution is -0.384. The van der Waals surface area contributed by atoms with Gasteiger partial charge in [0.2, 0.25) is 5.88 Å². The summed E-state index contributed by atoms with van der Waals surface area (Å²) in [6, 6.07) is 8.50. The number of halogens is 1. The predicted octanol–water partition coefficient (Wildman–Crippen LogP) is 3.05. The summed E-state index contributed by atoms with van der Waals surface area (Å²) in [5, 5.41) is 14.0. The fourth-order valence-corrected chi connectivity index (χ4v) is 2.31. The highest BCUT2D eigenvalue weighted by molar-refractivity contribution is 9.10. The largest absolute Gasteiger partial charge is 0.481 e. The van der Waals surface area contributed by atoms with E-state index in [-0.39, 0.29) is 5.69 Å². The molecule has 0 radical (unpaired) electrons. The number of nitrogens with zero attached hydrogens (tertiary/aromatic N) is 2. The number of benzene rings is 1. The summed E-state index contributed by atoms with van der Waals surface area (Å²) < 4.78 is 5.78. The summed E-state index contributed by atoms with van der Waals surface area (Å²) in [6.45, 7) is 1.26. The molecule has 1 N–H and O–H groups in total. The number of non-ortho nitro benzene ring substituents is 1. The maximum Gasteiger partial charge on any atom is 0.270 e. The predicted molar refractivity (Wildman–Crippen MR) is 82.1 cm³/mol. The smallest absolute Gasteiger partial charge is 0.270 e. The summed E-state index contributed by atoms with van der Waals surface area (Å²) in [5.41, 5.74) is 2.09. The van der Waals surface area contributed by atoms with Crippen LogP contribution >= 0.6 is 15.9 Å². The third-order valence-electron chi connectivity index (χ3n) is 2.90. The Kier molecular flexibility index (Phi) is 5.24. The van der Waals surface area contributed by atoms with Crippen molar-refractivity contribution in [1.29, 1.82) is 0 Å². The molecule has 0 aliphatic carbocycles. The summed E-state index contributed by atoms with van der Waals surface area (Å²) in [6.07, 6.45) is 1.69. The van der Waals surface area contributed by atoms with Crippen molar-refractivity contribution in [2.75, 3.05) is 7.11 Å². The van der Waals surface area contributed by atoms with Gasteiger partial charge in [-0.2, -0.15) is 0 Å². The molecule has 1 aromatic heterocycles. The van der Waals surface area contributed by atoms with Gasteiger partial charge in [-0.15, -0.1) is 0 Å². The highest BCUT2D eigenvalue weighted by atomic mass is 79.9. The molecule has 21 heavy (non-hydrogen) atoms. The van der Waals surface area contributed by atoms with E-state index in [4.69, 9.17) is 4.74 Å². The van der Waals surface area contributed by atoms with Gasteiger partial charge < -0.3 is 10.1 Å². The molecule has 0 fully saturated rings. The minimum atomic E-state index is -0.411. The first kappa shape index (κ1) is 15.4. The van der Waals surface area contributed by atoms with Gasteiger partial charge in [0.15, 0.2) is 0 Å². The molecule has 0 amide bonds. The van der Waals surface area contributed by atoms with Crippen LogP contribution in [0.1, 0.15) is 11.1 Å². The molecule has 6 nitrogen and oxygen atoms in total. The average Bonchev–Trinajstić information content (AvgIpc) is 2.49. The number of aromatic nitrogens is 1. The van der Waals surface area contributed by atoms with E-state index in [1.807, 2.05) is 12.1 Å². The quantitative estimate of drug-likeness (QED) is 0.639. The van der Waals surface area contributed by atoms with Gasteiger partial charge in [0, 0.05) is 42.0 Å². The number of methoxy groups -OCH3 is 1. The van der Waals surface area contributed by atoms with Crippen molar-refractivity contribution in [1.82, 2.24) is 10.3 Å².